The normalized spacial score (nSPS) is 38.2. The van der Waals surface area contributed by atoms with E-state index < -0.39 is 9.84 Å². The lowest BCUT2D eigenvalue weighted by Gasteiger charge is -2.07. The molecule has 60 valence electrons. The van der Waals surface area contributed by atoms with Crippen molar-refractivity contribution in [2.24, 2.45) is 0 Å². The number of ether oxygens (including phenoxy) is 1. The molecule has 1 aliphatic rings. The fourth-order valence-electron chi connectivity index (χ4n) is 0.988. The van der Waals surface area contributed by atoms with Crippen LogP contribution in [0.1, 0.15) is 0 Å². The van der Waals surface area contributed by atoms with Crippen LogP contribution < -0.4 is 0 Å². The maximum atomic E-state index is 10.8. The average molecular weight is 185 g/mol. The minimum absolute atomic E-state index is 0.0487. The maximum Gasteiger partial charge on any atom is 0.154 e. The van der Waals surface area contributed by atoms with E-state index in [1.165, 1.54) is 7.11 Å². The fourth-order valence-corrected chi connectivity index (χ4v) is 3.57. The number of halogens is 1. The van der Waals surface area contributed by atoms with Crippen molar-refractivity contribution in [3.63, 3.8) is 0 Å². The van der Waals surface area contributed by atoms with Gasteiger partial charge in [-0.3, -0.25) is 0 Å². The first-order chi connectivity index (χ1) is 4.55. The molecule has 0 aromatic heterocycles. The molecule has 0 unspecified atom stereocenters. The summed E-state index contributed by atoms with van der Waals surface area (Å²) in [7, 11) is -1.44. The highest BCUT2D eigenvalue weighted by molar-refractivity contribution is 7.91. The molecule has 0 amide bonds. The molecule has 0 aliphatic carbocycles. The van der Waals surface area contributed by atoms with Crippen LogP contribution in [-0.4, -0.2) is 38.5 Å². The lowest BCUT2D eigenvalue weighted by molar-refractivity contribution is 0.127. The molecular weight excluding hydrogens is 176 g/mol. The SMILES string of the molecule is CO[C@H]1CS(=O)(=O)C[C@H]1Cl. The van der Waals surface area contributed by atoms with E-state index in [0.29, 0.717) is 0 Å². The number of methoxy groups -OCH3 is 1. The van der Waals surface area contributed by atoms with Crippen LogP contribution in [0.3, 0.4) is 0 Å². The fraction of sp³-hybridized carbons (Fsp3) is 1.00. The second kappa shape index (κ2) is 2.68. The van der Waals surface area contributed by atoms with Gasteiger partial charge in [0.25, 0.3) is 0 Å². The number of alkyl halides is 1. The van der Waals surface area contributed by atoms with Crippen molar-refractivity contribution >= 4 is 21.4 Å². The van der Waals surface area contributed by atoms with Crippen LogP contribution in [-0.2, 0) is 14.6 Å². The van der Waals surface area contributed by atoms with Crippen molar-refractivity contribution in [3.05, 3.63) is 0 Å². The van der Waals surface area contributed by atoms with E-state index in [-0.39, 0.29) is 23.0 Å². The van der Waals surface area contributed by atoms with Crippen LogP contribution in [0.15, 0.2) is 0 Å². The van der Waals surface area contributed by atoms with Gasteiger partial charge >= 0.3 is 0 Å². The van der Waals surface area contributed by atoms with E-state index in [4.69, 9.17) is 16.3 Å². The second-order valence-electron chi connectivity index (χ2n) is 2.37. The minimum Gasteiger partial charge on any atom is -0.379 e. The molecule has 0 N–H and O–H groups in total. The topological polar surface area (TPSA) is 43.4 Å². The van der Waals surface area contributed by atoms with Gasteiger partial charge in [-0.2, -0.15) is 0 Å². The molecule has 2 atom stereocenters. The van der Waals surface area contributed by atoms with Crippen molar-refractivity contribution in [2.45, 2.75) is 11.5 Å². The third-order valence-corrected chi connectivity index (χ3v) is 3.86. The monoisotopic (exact) mass is 184 g/mol. The summed E-state index contributed by atoms with van der Waals surface area (Å²) in [5.74, 6) is 0.116. The highest BCUT2D eigenvalue weighted by Gasteiger charge is 2.36. The van der Waals surface area contributed by atoms with E-state index in [1.807, 2.05) is 0 Å². The standard InChI is InChI=1S/C5H9ClO3S/c1-9-5-3-10(7,8)2-4(5)6/h4-5H,2-3H2,1H3/t4-,5+/m1/s1. The molecule has 1 rings (SSSR count). The Morgan fingerprint density at radius 3 is 2.30 bits per heavy atom. The number of sulfone groups is 1. The summed E-state index contributed by atoms with van der Waals surface area (Å²) < 4.78 is 26.5. The Morgan fingerprint density at radius 2 is 2.10 bits per heavy atom. The molecule has 0 aromatic carbocycles. The van der Waals surface area contributed by atoms with Gasteiger partial charge in [-0.25, -0.2) is 8.42 Å². The number of hydrogen-bond acceptors (Lipinski definition) is 3. The van der Waals surface area contributed by atoms with Gasteiger partial charge < -0.3 is 4.74 Å². The van der Waals surface area contributed by atoms with E-state index in [1.54, 1.807) is 0 Å². The van der Waals surface area contributed by atoms with Gasteiger partial charge in [0.1, 0.15) is 0 Å². The van der Waals surface area contributed by atoms with Gasteiger partial charge in [-0.1, -0.05) is 0 Å². The highest BCUT2D eigenvalue weighted by atomic mass is 35.5. The second-order valence-corrected chi connectivity index (χ2v) is 5.08. The Kier molecular flexibility index (Phi) is 2.22. The van der Waals surface area contributed by atoms with Crippen molar-refractivity contribution in [2.75, 3.05) is 18.6 Å². The van der Waals surface area contributed by atoms with Crippen LogP contribution in [0.4, 0.5) is 0 Å². The first-order valence-corrected chi connectivity index (χ1v) is 5.18. The molecule has 1 fully saturated rings. The molecule has 0 spiro atoms. The lowest BCUT2D eigenvalue weighted by Crippen LogP contribution is -2.20. The van der Waals surface area contributed by atoms with Crippen LogP contribution in [0.5, 0.6) is 0 Å². The molecule has 1 heterocycles. The molecule has 0 aromatic rings. The Hall–Kier alpha value is 0.200. The van der Waals surface area contributed by atoms with Crippen LogP contribution in [0.2, 0.25) is 0 Å². The Balaban J connectivity index is 2.71. The summed E-state index contributed by atoms with van der Waals surface area (Å²) in [6, 6.07) is 0. The predicted octanol–water partition coefficient (Wildman–Crippen LogP) is 0.0372. The van der Waals surface area contributed by atoms with E-state index in [0.717, 1.165) is 0 Å². The van der Waals surface area contributed by atoms with Crippen molar-refractivity contribution < 1.29 is 13.2 Å². The van der Waals surface area contributed by atoms with Crippen molar-refractivity contribution in [1.82, 2.24) is 0 Å². The third-order valence-electron chi connectivity index (χ3n) is 1.54. The quantitative estimate of drug-likeness (QED) is 0.541. The molecule has 1 aliphatic heterocycles. The molecule has 10 heavy (non-hydrogen) atoms. The summed E-state index contributed by atoms with van der Waals surface area (Å²) >= 11 is 5.66. The summed E-state index contributed by atoms with van der Waals surface area (Å²) in [6.45, 7) is 0. The van der Waals surface area contributed by atoms with Crippen LogP contribution >= 0.6 is 11.6 Å². The van der Waals surface area contributed by atoms with Crippen molar-refractivity contribution in [1.29, 1.82) is 0 Å². The largest absolute Gasteiger partial charge is 0.379 e. The van der Waals surface area contributed by atoms with Gasteiger partial charge in [0.15, 0.2) is 9.84 Å². The van der Waals surface area contributed by atoms with E-state index in [9.17, 15) is 8.42 Å². The lowest BCUT2D eigenvalue weighted by atomic mass is 10.3. The van der Waals surface area contributed by atoms with Gasteiger partial charge in [-0.15, -0.1) is 11.6 Å². The van der Waals surface area contributed by atoms with Gasteiger partial charge in [0.05, 0.1) is 23.0 Å². The van der Waals surface area contributed by atoms with Crippen molar-refractivity contribution in [3.8, 4) is 0 Å². The van der Waals surface area contributed by atoms with Gasteiger partial charge in [-0.05, 0) is 0 Å². The zero-order chi connectivity index (χ0) is 7.78. The molecule has 0 saturated carbocycles. The zero-order valence-corrected chi connectivity index (χ0v) is 7.15. The average Bonchev–Trinajstić information content (AvgIpc) is 2.05. The molecule has 5 heteroatoms. The predicted molar refractivity (Wildman–Crippen MR) is 39.1 cm³/mol. The molecular formula is C5H9ClO3S. The first-order valence-electron chi connectivity index (χ1n) is 2.92. The summed E-state index contributed by atoms with van der Waals surface area (Å²) in [4.78, 5) is 0. The highest BCUT2D eigenvalue weighted by Crippen LogP contribution is 2.19. The maximum absolute atomic E-state index is 10.8. The third kappa shape index (κ3) is 1.62. The molecule has 0 bridgehead atoms. The van der Waals surface area contributed by atoms with Crippen LogP contribution in [0.25, 0.3) is 0 Å². The Morgan fingerprint density at radius 1 is 1.50 bits per heavy atom. The molecule has 1 saturated heterocycles. The minimum atomic E-state index is -2.91. The number of rotatable bonds is 1. The van der Waals surface area contributed by atoms with E-state index in [2.05, 4.69) is 0 Å². The molecule has 3 nitrogen and oxygen atoms in total. The smallest absolute Gasteiger partial charge is 0.154 e. The summed E-state index contributed by atoms with van der Waals surface area (Å²) in [6.07, 6.45) is -0.313. The Bertz CT molecular complexity index is 211. The van der Waals surface area contributed by atoms with E-state index >= 15 is 0 Å². The van der Waals surface area contributed by atoms with Gasteiger partial charge in [0.2, 0.25) is 0 Å². The summed E-state index contributed by atoms with van der Waals surface area (Å²) in [5.41, 5.74) is 0. The Labute approximate surface area is 65.2 Å². The molecule has 0 radical (unpaired) electrons. The van der Waals surface area contributed by atoms with Crippen LogP contribution in [0, 0.1) is 0 Å². The zero-order valence-electron chi connectivity index (χ0n) is 5.58. The first kappa shape index (κ1) is 8.30. The van der Waals surface area contributed by atoms with Gasteiger partial charge in [0, 0.05) is 7.11 Å². The summed E-state index contributed by atoms with van der Waals surface area (Å²) in [5, 5.41) is -0.366. The number of hydrogen-bond donors (Lipinski definition) is 0.